The van der Waals surface area contributed by atoms with Crippen molar-refractivity contribution in [2.75, 3.05) is 6.61 Å². The number of thiophene rings is 1. The Balaban J connectivity index is 2.42. The number of nitrogens with two attached hydrogens (primary N) is 1. The molecule has 0 saturated carbocycles. The summed E-state index contributed by atoms with van der Waals surface area (Å²) in [6.07, 6.45) is 0.255. The number of carbonyl (C=O) groups is 1. The van der Waals surface area contributed by atoms with Crippen LogP contribution in [-0.2, 0) is 9.53 Å². The van der Waals surface area contributed by atoms with E-state index >= 15 is 0 Å². The van der Waals surface area contributed by atoms with Crippen LogP contribution in [0.15, 0.2) is 16.8 Å². The topological polar surface area (TPSA) is 52.3 Å². The first-order chi connectivity index (χ1) is 6.24. The van der Waals surface area contributed by atoms with Crippen molar-refractivity contribution in [3.8, 4) is 0 Å². The van der Waals surface area contributed by atoms with Crippen LogP contribution in [0.2, 0.25) is 0 Å². The monoisotopic (exact) mass is 199 g/mol. The average Bonchev–Trinajstić information content (AvgIpc) is 2.55. The van der Waals surface area contributed by atoms with Crippen molar-refractivity contribution in [1.29, 1.82) is 0 Å². The van der Waals surface area contributed by atoms with Gasteiger partial charge in [0, 0.05) is 6.04 Å². The third-order valence-corrected chi connectivity index (χ3v) is 2.36. The molecular weight excluding hydrogens is 186 g/mol. The maximum Gasteiger partial charge on any atom is 0.307 e. The quantitative estimate of drug-likeness (QED) is 0.751. The fourth-order valence-electron chi connectivity index (χ4n) is 1.00. The molecule has 0 aliphatic rings. The molecule has 1 aromatic heterocycles. The summed E-state index contributed by atoms with van der Waals surface area (Å²) >= 11 is 1.58. The maximum atomic E-state index is 11.0. The van der Waals surface area contributed by atoms with E-state index in [9.17, 15) is 4.79 Å². The Bertz CT molecular complexity index is 259. The zero-order valence-electron chi connectivity index (χ0n) is 7.53. The fourth-order valence-corrected chi connectivity index (χ4v) is 1.73. The molecule has 0 saturated heterocycles. The smallest absolute Gasteiger partial charge is 0.307 e. The Morgan fingerprint density at radius 1 is 1.77 bits per heavy atom. The normalized spacial score (nSPS) is 12.5. The molecule has 0 aliphatic heterocycles. The highest BCUT2D eigenvalue weighted by molar-refractivity contribution is 7.07. The molecule has 0 fully saturated rings. The summed E-state index contributed by atoms with van der Waals surface area (Å²) in [6.45, 7) is 2.20. The predicted molar refractivity (Wildman–Crippen MR) is 52.5 cm³/mol. The van der Waals surface area contributed by atoms with Gasteiger partial charge in [-0.1, -0.05) is 0 Å². The van der Waals surface area contributed by atoms with Crippen LogP contribution >= 0.6 is 11.3 Å². The van der Waals surface area contributed by atoms with E-state index in [1.807, 2.05) is 16.8 Å². The Labute approximate surface area is 81.5 Å². The molecular formula is C9H13NO2S. The maximum absolute atomic E-state index is 11.0. The van der Waals surface area contributed by atoms with Gasteiger partial charge in [-0.15, -0.1) is 0 Å². The van der Waals surface area contributed by atoms with Gasteiger partial charge in [0.1, 0.15) is 0 Å². The minimum absolute atomic E-state index is 0.231. The lowest BCUT2D eigenvalue weighted by Crippen LogP contribution is -2.16. The molecule has 1 heterocycles. The molecule has 2 N–H and O–H groups in total. The first kappa shape index (κ1) is 10.2. The second-order valence-corrected chi connectivity index (χ2v) is 3.45. The predicted octanol–water partition coefficient (Wildman–Crippen LogP) is 1.70. The van der Waals surface area contributed by atoms with Crippen molar-refractivity contribution in [3.63, 3.8) is 0 Å². The largest absolute Gasteiger partial charge is 0.466 e. The molecule has 1 rings (SSSR count). The van der Waals surface area contributed by atoms with Crippen LogP contribution < -0.4 is 5.73 Å². The molecule has 0 aliphatic carbocycles. The summed E-state index contributed by atoms with van der Waals surface area (Å²) in [6, 6.07) is 1.69. The van der Waals surface area contributed by atoms with Gasteiger partial charge in [0.25, 0.3) is 0 Å². The van der Waals surface area contributed by atoms with E-state index in [4.69, 9.17) is 10.5 Å². The van der Waals surface area contributed by atoms with E-state index in [2.05, 4.69) is 0 Å². The zero-order valence-corrected chi connectivity index (χ0v) is 8.34. The molecule has 13 heavy (non-hydrogen) atoms. The number of ether oxygens (including phenoxy) is 1. The van der Waals surface area contributed by atoms with E-state index in [1.54, 1.807) is 18.3 Å². The molecule has 0 unspecified atom stereocenters. The van der Waals surface area contributed by atoms with Crippen LogP contribution in [0.4, 0.5) is 0 Å². The van der Waals surface area contributed by atoms with Crippen molar-refractivity contribution in [3.05, 3.63) is 22.4 Å². The summed E-state index contributed by atoms with van der Waals surface area (Å²) in [7, 11) is 0. The molecule has 3 nitrogen and oxygen atoms in total. The van der Waals surface area contributed by atoms with Crippen molar-refractivity contribution < 1.29 is 9.53 Å². The molecule has 0 radical (unpaired) electrons. The zero-order chi connectivity index (χ0) is 9.68. The van der Waals surface area contributed by atoms with E-state index in [1.165, 1.54) is 0 Å². The number of esters is 1. The van der Waals surface area contributed by atoms with Crippen molar-refractivity contribution in [2.24, 2.45) is 5.73 Å². The summed E-state index contributed by atoms with van der Waals surface area (Å²) in [5, 5.41) is 3.89. The Kier molecular flexibility index (Phi) is 3.92. The number of carbonyl (C=O) groups excluding carboxylic acids is 1. The number of rotatable bonds is 4. The molecule has 72 valence electrons. The Morgan fingerprint density at radius 2 is 2.54 bits per heavy atom. The minimum Gasteiger partial charge on any atom is -0.466 e. The molecule has 4 heteroatoms. The van der Waals surface area contributed by atoms with Crippen LogP contribution in [0, 0.1) is 0 Å². The molecule has 1 aromatic rings. The van der Waals surface area contributed by atoms with E-state index in [0.717, 1.165) is 5.56 Å². The molecule has 0 amide bonds. The second-order valence-electron chi connectivity index (χ2n) is 2.67. The summed E-state index contributed by atoms with van der Waals surface area (Å²) < 4.78 is 4.80. The van der Waals surface area contributed by atoms with Gasteiger partial charge >= 0.3 is 5.97 Å². The lowest BCUT2D eigenvalue weighted by Gasteiger charge is -2.08. The van der Waals surface area contributed by atoms with Gasteiger partial charge in [-0.3, -0.25) is 4.79 Å². The Morgan fingerprint density at radius 3 is 3.08 bits per heavy atom. The van der Waals surface area contributed by atoms with Crippen molar-refractivity contribution in [2.45, 2.75) is 19.4 Å². The third kappa shape index (κ3) is 3.16. The average molecular weight is 199 g/mol. The highest BCUT2D eigenvalue weighted by atomic mass is 32.1. The molecule has 1 atom stereocenters. The van der Waals surface area contributed by atoms with Gasteiger partial charge in [-0.25, -0.2) is 0 Å². The SMILES string of the molecule is CCOC(=O)C[C@@H](N)c1ccsc1. The van der Waals surface area contributed by atoms with E-state index < -0.39 is 0 Å². The van der Waals surface area contributed by atoms with Crippen LogP contribution in [0.1, 0.15) is 24.9 Å². The van der Waals surface area contributed by atoms with Crippen LogP contribution in [0.25, 0.3) is 0 Å². The van der Waals surface area contributed by atoms with Crippen molar-refractivity contribution >= 4 is 17.3 Å². The first-order valence-electron chi connectivity index (χ1n) is 4.17. The van der Waals surface area contributed by atoms with Gasteiger partial charge in [0.15, 0.2) is 0 Å². The van der Waals surface area contributed by atoms with Gasteiger partial charge in [-0.05, 0) is 29.3 Å². The van der Waals surface area contributed by atoms with Gasteiger partial charge in [0.05, 0.1) is 13.0 Å². The number of hydrogen-bond donors (Lipinski definition) is 1. The standard InChI is InChI=1S/C9H13NO2S/c1-2-12-9(11)5-8(10)7-3-4-13-6-7/h3-4,6,8H,2,5,10H2,1H3/t8-/m1/s1. The van der Waals surface area contributed by atoms with E-state index in [0.29, 0.717) is 6.61 Å². The van der Waals surface area contributed by atoms with Crippen LogP contribution in [0.3, 0.4) is 0 Å². The van der Waals surface area contributed by atoms with E-state index in [-0.39, 0.29) is 18.4 Å². The lowest BCUT2D eigenvalue weighted by atomic mass is 10.1. The summed E-state index contributed by atoms with van der Waals surface area (Å²) in [5.74, 6) is -0.235. The molecule has 0 bridgehead atoms. The fraction of sp³-hybridized carbons (Fsp3) is 0.444. The van der Waals surface area contributed by atoms with Gasteiger partial charge in [-0.2, -0.15) is 11.3 Å². The minimum atomic E-state index is -0.235. The highest BCUT2D eigenvalue weighted by Crippen LogP contribution is 2.17. The Hall–Kier alpha value is -0.870. The number of hydrogen-bond acceptors (Lipinski definition) is 4. The second kappa shape index (κ2) is 4.99. The summed E-state index contributed by atoms with van der Waals surface area (Å²) in [5.41, 5.74) is 6.77. The molecule has 0 aromatic carbocycles. The highest BCUT2D eigenvalue weighted by Gasteiger charge is 2.12. The van der Waals surface area contributed by atoms with Crippen LogP contribution in [0.5, 0.6) is 0 Å². The first-order valence-corrected chi connectivity index (χ1v) is 5.11. The molecule has 0 spiro atoms. The summed E-state index contributed by atoms with van der Waals surface area (Å²) in [4.78, 5) is 11.0. The van der Waals surface area contributed by atoms with Crippen LogP contribution in [-0.4, -0.2) is 12.6 Å². The van der Waals surface area contributed by atoms with Gasteiger partial charge in [0.2, 0.25) is 0 Å². The third-order valence-electron chi connectivity index (χ3n) is 1.66. The van der Waals surface area contributed by atoms with Crippen molar-refractivity contribution in [1.82, 2.24) is 0 Å². The van der Waals surface area contributed by atoms with Gasteiger partial charge < -0.3 is 10.5 Å². The lowest BCUT2D eigenvalue weighted by molar-refractivity contribution is -0.143.